The van der Waals surface area contributed by atoms with Crippen LogP contribution in [0.15, 0.2) is 18.2 Å². The molecule has 0 heterocycles. The fourth-order valence-electron chi connectivity index (χ4n) is 2.10. The number of benzene rings is 1. The lowest BCUT2D eigenvalue weighted by atomic mass is 10.1. The Morgan fingerprint density at radius 1 is 1.36 bits per heavy atom. The van der Waals surface area contributed by atoms with Crippen molar-refractivity contribution in [3.63, 3.8) is 0 Å². The van der Waals surface area contributed by atoms with Crippen LogP contribution in [-0.2, 0) is 4.74 Å². The average molecular weight is 301 g/mol. The van der Waals surface area contributed by atoms with Crippen LogP contribution in [0.3, 0.4) is 0 Å². The zero-order valence-electron chi connectivity index (χ0n) is 13.7. The first-order valence-electron chi connectivity index (χ1n) is 7.48. The fraction of sp³-hybridized carbons (Fsp3) is 0.500. The molecule has 1 aromatic carbocycles. The Morgan fingerprint density at radius 2 is 2.05 bits per heavy atom. The Balaban J connectivity index is 2.32. The Hall–Kier alpha value is -2.15. The summed E-state index contributed by atoms with van der Waals surface area (Å²) in [4.78, 5) is 14.2. The first kappa shape index (κ1) is 16.2. The predicted octanol–water partition coefficient (Wildman–Crippen LogP) is 3.83. The van der Waals surface area contributed by atoms with Crippen molar-refractivity contribution in [3.8, 4) is 18.1 Å². The molecule has 0 spiro atoms. The lowest BCUT2D eigenvalue weighted by Gasteiger charge is -2.28. The zero-order valence-corrected chi connectivity index (χ0v) is 13.7. The van der Waals surface area contributed by atoms with Gasteiger partial charge in [0.25, 0.3) is 0 Å². The van der Waals surface area contributed by atoms with E-state index in [9.17, 15) is 4.79 Å². The number of terminal acetylenes is 1. The van der Waals surface area contributed by atoms with Crippen LogP contribution in [0.1, 0.15) is 39.2 Å². The van der Waals surface area contributed by atoms with Crippen molar-refractivity contribution < 1.29 is 14.3 Å². The van der Waals surface area contributed by atoms with Crippen molar-refractivity contribution in [2.45, 2.75) is 39.2 Å². The first-order valence-corrected chi connectivity index (χ1v) is 7.48. The molecule has 1 amide bonds. The van der Waals surface area contributed by atoms with E-state index in [2.05, 4.69) is 5.92 Å². The number of methoxy groups -OCH3 is 1. The first-order chi connectivity index (χ1) is 10.3. The number of carbonyl (C=O) groups excluding carboxylic acids is 1. The SMILES string of the molecule is C#Cc1cc(OC)cc(N(CC2CC2)C(=O)OC(C)(C)C)c1. The molecular formula is C18H23NO3. The molecule has 1 fully saturated rings. The van der Waals surface area contributed by atoms with E-state index in [1.807, 2.05) is 32.9 Å². The molecule has 22 heavy (non-hydrogen) atoms. The summed E-state index contributed by atoms with van der Waals surface area (Å²) >= 11 is 0. The van der Waals surface area contributed by atoms with Gasteiger partial charge in [-0.1, -0.05) is 5.92 Å². The number of ether oxygens (including phenoxy) is 2. The largest absolute Gasteiger partial charge is 0.497 e. The fourth-order valence-corrected chi connectivity index (χ4v) is 2.10. The second-order valence-electron chi connectivity index (χ2n) is 6.60. The van der Waals surface area contributed by atoms with Crippen LogP contribution in [0.5, 0.6) is 5.75 Å². The Labute approximate surface area is 132 Å². The van der Waals surface area contributed by atoms with Crippen molar-refractivity contribution in [1.29, 1.82) is 0 Å². The summed E-state index contributed by atoms with van der Waals surface area (Å²) < 4.78 is 10.8. The summed E-state index contributed by atoms with van der Waals surface area (Å²) in [6.45, 7) is 6.22. The Kier molecular flexibility index (Phi) is 4.65. The van der Waals surface area contributed by atoms with Crippen molar-refractivity contribution in [2.75, 3.05) is 18.6 Å². The molecule has 1 aliphatic carbocycles. The zero-order chi connectivity index (χ0) is 16.3. The topological polar surface area (TPSA) is 38.8 Å². The lowest BCUT2D eigenvalue weighted by molar-refractivity contribution is 0.0578. The predicted molar refractivity (Wildman–Crippen MR) is 87.2 cm³/mol. The van der Waals surface area contributed by atoms with Gasteiger partial charge in [-0.05, 0) is 51.7 Å². The Bertz CT molecular complexity index is 591. The molecule has 1 saturated carbocycles. The van der Waals surface area contributed by atoms with Gasteiger partial charge in [-0.2, -0.15) is 0 Å². The van der Waals surface area contributed by atoms with Crippen molar-refractivity contribution in [3.05, 3.63) is 23.8 Å². The van der Waals surface area contributed by atoms with E-state index in [1.165, 1.54) is 0 Å². The van der Waals surface area contributed by atoms with Crippen LogP contribution in [-0.4, -0.2) is 25.3 Å². The highest BCUT2D eigenvalue weighted by molar-refractivity contribution is 5.88. The Morgan fingerprint density at radius 3 is 2.55 bits per heavy atom. The quantitative estimate of drug-likeness (QED) is 0.793. The van der Waals surface area contributed by atoms with Crippen molar-refractivity contribution >= 4 is 11.8 Å². The van der Waals surface area contributed by atoms with Crippen LogP contribution in [0.2, 0.25) is 0 Å². The third-order valence-corrected chi connectivity index (χ3v) is 3.36. The molecule has 0 radical (unpaired) electrons. The molecule has 0 unspecified atom stereocenters. The maximum Gasteiger partial charge on any atom is 0.414 e. The van der Waals surface area contributed by atoms with Gasteiger partial charge in [-0.3, -0.25) is 4.90 Å². The van der Waals surface area contributed by atoms with Gasteiger partial charge < -0.3 is 9.47 Å². The average Bonchev–Trinajstić information content (AvgIpc) is 3.26. The molecular weight excluding hydrogens is 278 g/mol. The highest BCUT2D eigenvalue weighted by Gasteiger charge is 2.30. The molecule has 0 N–H and O–H groups in total. The summed E-state index contributed by atoms with van der Waals surface area (Å²) in [5.41, 5.74) is 0.860. The second kappa shape index (κ2) is 6.31. The summed E-state index contributed by atoms with van der Waals surface area (Å²) in [7, 11) is 1.58. The van der Waals surface area contributed by atoms with E-state index in [0.717, 1.165) is 12.8 Å². The smallest absolute Gasteiger partial charge is 0.414 e. The van der Waals surface area contributed by atoms with E-state index < -0.39 is 5.60 Å². The van der Waals surface area contributed by atoms with Crippen molar-refractivity contribution in [2.24, 2.45) is 5.92 Å². The number of hydrogen-bond donors (Lipinski definition) is 0. The minimum atomic E-state index is -0.535. The summed E-state index contributed by atoms with van der Waals surface area (Å²) in [5.74, 6) is 3.76. The molecule has 0 bridgehead atoms. The molecule has 118 valence electrons. The number of rotatable bonds is 4. The van der Waals surface area contributed by atoms with E-state index >= 15 is 0 Å². The van der Waals surface area contributed by atoms with Gasteiger partial charge in [0, 0.05) is 18.2 Å². The number of anilines is 1. The lowest BCUT2D eigenvalue weighted by Crippen LogP contribution is -2.38. The van der Waals surface area contributed by atoms with E-state index in [1.54, 1.807) is 18.1 Å². The molecule has 1 aromatic rings. The van der Waals surface area contributed by atoms with Crippen molar-refractivity contribution in [1.82, 2.24) is 0 Å². The van der Waals surface area contributed by atoms with E-state index in [-0.39, 0.29) is 6.09 Å². The molecule has 0 saturated heterocycles. The molecule has 2 rings (SSSR count). The van der Waals surface area contributed by atoms with Gasteiger partial charge in [-0.15, -0.1) is 6.42 Å². The van der Waals surface area contributed by atoms with Gasteiger partial charge in [0.05, 0.1) is 12.8 Å². The molecule has 0 atom stereocenters. The van der Waals surface area contributed by atoms with Gasteiger partial charge in [0.15, 0.2) is 0 Å². The molecule has 1 aliphatic rings. The van der Waals surface area contributed by atoms with E-state index in [4.69, 9.17) is 15.9 Å². The van der Waals surface area contributed by atoms with E-state index in [0.29, 0.717) is 29.5 Å². The minimum Gasteiger partial charge on any atom is -0.497 e. The third-order valence-electron chi connectivity index (χ3n) is 3.36. The monoisotopic (exact) mass is 301 g/mol. The third kappa shape index (κ3) is 4.42. The van der Waals surface area contributed by atoms with Crippen LogP contribution in [0.4, 0.5) is 10.5 Å². The number of hydrogen-bond acceptors (Lipinski definition) is 3. The summed E-state index contributed by atoms with van der Waals surface area (Å²) in [5, 5.41) is 0. The molecule has 0 aromatic heterocycles. The van der Waals surface area contributed by atoms with Gasteiger partial charge in [0.1, 0.15) is 11.4 Å². The molecule has 4 nitrogen and oxygen atoms in total. The number of amides is 1. The minimum absolute atomic E-state index is 0.351. The maximum atomic E-state index is 12.5. The second-order valence-corrected chi connectivity index (χ2v) is 6.60. The van der Waals surface area contributed by atoms with Crippen LogP contribution >= 0.6 is 0 Å². The van der Waals surface area contributed by atoms with Gasteiger partial charge >= 0.3 is 6.09 Å². The highest BCUT2D eigenvalue weighted by atomic mass is 16.6. The number of carbonyl (C=O) groups is 1. The van der Waals surface area contributed by atoms with Crippen LogP contribution in [0, 0.1) is 18.3 Å². The molecule has 4 heteroatoms. The highest BCUT2D eigenvalue weighted by Crippen LogP contribution is 2.33. The summed E-state index contributed by atoms with van der Waals surface area (Å²) in [6, 6.07) is 5.40. The summed E-state index contributed by atoms with van der Waals surface area (Å²) in [6.07, 6.45) is 7.43. The standard InChI is InChI=1S/C18H23NO3/c1-6-13-9-15(11-16(10-13)21-5)19(12-14-7-8-14)17(20)22-18(2,3)4/h1,9-11,14H,7-8,12H2,2-5H3. The number of nitrogens with zero attached hydrogens (tertiary/aromatic N) is 1. The van der Waals surface area contributed by atoms with Crippen LogP contribution < -0.4 is 9.64 Å². The normalized spacial score (nSPS) is 14.1. The van der Waals surface area contributed by atoms with Gasteiger partial charge in [0.2, 0.25) is 0 Å². The molecule has 0 aliphatic heterocycles. The van der Waals surface area contributed by atoms with Crippen LogP contribution in [0.25, 0.3) is 0 Å². The maximum absolute atomic E-state index is 12.5. The van der Waals surface area contributed by atoms with Gasteiger partial charge in [-0.25, -0.2) is 4.79 Å².